The van der Waals surface area contributed by atoms with Gasteiger partial charge in [0, 0.05) is 25.4 Å². The molecule has 1 heterocycles. The number of rotatable bonds is 7. The molecule has 0 aliphatic carbocycles. The highest BCUT2D eigenvalue weighted by Crippen LogP contribution is 2.08. The van der Waals surface area contributed by atoms with Gasteiger partial charge in [-0.2, -0.15) is 0 Å². The summed E-state index contributed by atoms with van der Waals surface area (Å²) in [6.45, 7) is 1.36. The normalized spacial score (nSPS) is 10.2. The van der Waals surface area contributed by atoms with Gasteiger partial charge < -0.3 is 19.7 Å². The van der Waals surface area contributed by atoms with Crippen molar-refractivity contribution in [2.24, 2.45) is 0 Å². The molecule has 1 amide bonds. The number of H-pyrrole nitrogens is 1. The van der Waals surface area contributed by atoms with E-state index in [0.717, 1.165) is 4.90 Å². The Labute approximate surface area is 110 Å². The average Bonchev–Trinajstić information content (AvgIpc) is 2.82. The Bertz CT molecular complexity index is 480. The molecule has 0 aliphatic rings. The van der Waals surface area contributed by atoms with Crippen molar-refractivity contribution in [3.05, 3.63) is 23.5 Å². The van der Waals surface area contributed by atoms with E-state index in [2.05, 4.69) is 4.98 Å². The van der Waals surface area contributed by atoms with Crippen LogP contribution in [0.3, 0.4) is 0 Å². The Morgan fingerprint density at radius 3 is 2.58 bits per heavy atom. The zero-order valence-corrected chi connectivity index (χ0v) is 10.8. The van der Waals surface area contributed by atoms with Gasteiger partial charge in [0.1, 0.15) is 12.2 Å². The van der Waals surface area contributed by atoms with Crippen LogP contribution in [0.15, 0.2) is 12.3 Å². The molecule has 0 aromatic carbocycles. The Balaban J connectivity index is 2.84. The molecular weight excluding hydrogens is 252 g/mol. The second kappa shape index (κ2) is 6.69. The van der Waals surface area contributed by atoms with E-state index < -0.39 is 18.4 Å². The molecule has 0 atom stereocenters. The van der Waals surface area contributed by atoms with Crippen molar-refractivity contribution in [3.8, 4) is 0 Å². The van der Waals surface area contributed by atoms with Gasteiger partial charge in [0.05, 0.1) is 6.61 Å². The molecule has 0 saturated carbocycles. The number of carboxylic acid groups (broad SMARTS) is 1. The van der Waals surface area contributed by atoms with Gasteiger partial charge in [-0.15, -0.1) is 0 Å². The molecule has 0 fully saturated rings. The number of hydrogen-bond donors (Lipinski definition) is 2. The summed E-state index contributed by atoms with van der Waals surface area (Å²) in [6, 6.07) is 1.41. The van der Waals surface area contributed by atoms with E-state index in [-0.39, 0.29) is 24.6 Å². The summed E-state index contributed by atoms with van der Waals surface area (Å²) < 4.78 is 4.83. The lowest BCUT2D eigenvalue weighted by molar-refractivity contribution is -0.137. The summed E-state index contributed by atoms with van der Waals surface area (Å²) in [5, 5.41) is 8.77. The first kappa shape index (κ1) is 14.9. The fourth-order valence-electron chi connectivity index (χ4n) is 1.51. The number of nitrogens with zero attached hydrogens (tertiary/aromatic N) is 1. The molecule has 0 bridgehead atoms. The van der Waals surface area contributed by atoms with Crippen LogP contribution in [0.2, 0.25) is 0 Å². The number of hydrogen-bond acceptors (Lipinski definition) is 4. The lowest BCUT2D eigenvalue weighted by Gasteiger charge is -2.19. The molecule has 0 aliphatic heterocycles. The molecule has 19 heavy (non-hydrogen) atoms. The van der Waals surface area contributed by atoms with Crippen molar-refractivity contribution in [2.45, 2.75) is 6.92 Å². The number of carbonyl (C=O) groups excluding carboxylic acids is 2. The van der Waals surface area contributed by atoms with E-state index in [1.165, 1.54) is 26.3 Å². The molecular formula is C12H16N2O5. The molecule has 2 N–H and O–H groups in total. The number of ether oxygens (including phenoxy) is 1. The molecule has 1 rings (SSSR count). The van der Waals surface area contributed by atoms with E-state index in [9.17, 15) is 14.4 Å². The topological polar surface area (TPSA) is 99.7 Å². The monoisotopic (exact) mass is 268 g/mol. The maximum absolute atomic E-state index is 12.1. The van der Waals surface area contributed by atoms with Crippen molar-refractivity contribution in [1.82, 2.24) is 9.88 Å². The van der Waals surface area contributed by atoms with Crippen molar-refractivity contribution in [2.75, 3.05) is 26.8 Å². The second-order valence-corrected chi connectivity index (χ2v) is 3.97. The molecule has 0 spiro atoms. The van der Waals surface area contributed by atoms with Crippen LogP contribution in [0.5, 0.6) is 0 Å². The fraction of sp³-hybridized carbons (Fsp3) is 0.417. The predicted molar refractivity (Wildman–Crippen MR) is 66.2 cm³/mol. The third-order valence-electron chi connectivity index (χ3n) is 2.50. The number of aromatic amines is 1. The minimum Gasteiger partial charge on any atom is -0.480 e. The first-order valence-corrected chi connectivity index (χ1v) is 5.65. The largest absolute Gasteiger partial charge is 0.480 e. The molecule has 1 aromatic heterocycles. The van der Waals surface area contributed by atoms with Crippen LogP contribution in [0.25, 0.3) is 0 Å². The zero-order valence-electron chi connectivity index (χ0n) is 10.8. The van der Waals surface area contributed by atoms with Gasteiger partial charge in [0.2, 0.25) is 0 Å². The minimum atomic E-state index is -1.11. The number of nitrogens with one attached hydrogen (secondary N) is 1. The van der Waals surface area contributed by atoms with Crippen molar-refractivity contribution in [3.63, 3.8) is 0 Å². The molecule has 0 saturated heterocycles. The number of methoxy groups -OCH3 is 1. The fourth-order valence-corrected chi connectivity index (χ4v) is 1.51. The number of amides is 1. The van der Waals surface area contributed by atoms with Crippen LogP contribution in [0.1, 0.15) is 27.8 Å². The zero-order chi connectivity index (χ0) is 14.4. The van der Waals surface area contributed by atoms with Gasteiger partial charge in [0.25, 0.3) is 5.91 Å². The summed E-state index contributed by atoms with van der Waals surface area (Å²) in [7, 11) is 1.46. The third kappa shape index (κ3) is 4.22. The van der Waals surface area contributed by atoms with Crippen molar-refractivity contribution in [1.29, 1.82) is 0 Å². The first-order chi connectivity index (χ1) is 8.95. The van der Waals surface area contributed by atoms with Gasteiger partial charge in [-0.3, -0.25) is 14.4 Å². The van der Waals surface area contributed by atoms with Crippen molar-refractivity contribution >= 4 is 17.7 Å². The highest BCUT2D eigenvalue weighted by atomic mass is 16.5. The van der Waals surface area contributed by atoms with Crippen LogP contribution >= 0.6 is 0 Å². The van der Waals surface area contributed by atoms with Crippen molar-refractivity contribution < 1.29 is 24.2 Å². The summed E-state index contributed by atoms with van der Waals surface area (Å²) >= 11 is 0. The van der Waals surface area contributed by atoms with Gasteiger partial charge in [-0.25, -0.2) is 0 Å². The SMILES string of the molecule is COCCN(CC(=O)O)C(=O)c1cc(C(C)=O)c[nH]1. The first-order valence-electron chi connectivity index (χ1n) is 5.65. The van der Waals surface area contributed by atoms with Gasteiger partial charge in [-0.05, 0) is 13.0 Å². The minimum absolute atomic E-state index is 0.163. The lowest BCUT2D eigenvalue weighted by Crippen LogP contribution is -2.38. The van der Waals surface area contributed by atoms with E-state index >= 15 is 0 Å². The van der Waals surface area contributed by atoms with Gasteiger partial charge >= 0.3 is 5.97 Å². The summed E-state index contributed by atoms with van der Waals surface area (Å²) in [5.41, 5.74) is 0.563. The number of aromatic nitrogens is 1. The van der Waals surface area contributed by atoms with E-state index in [4.69, 9.17) is 9.84 Å². The number of Topliss-reactive ketones (excluding diaryl/α,β-unsaturated/α-hetero) is 1. The van der Waals surface area contributed by atoms with E-state index in [1.54, 1.807) is 0 Å². The number of ketones is 1. The molecule has 7 heteroatoms. The Morgan fingerprint density at radius 2 is 2.11 bits per heavy atom. The maximum Gasteiger partial charge on any atom is 0.323 e. The number of carboxylic acids is 1. The van der Waals surface area contributed by atoms with Crippen LogP contribution < -0.4 is 0 Å². The third-order valence-corrected chi connectivity index (χ3v) is 2.50. The summed E-state index contributed by atoms with van der Waals surface area (Å²) in [5.74, 6) is -1.76. The Morgan fingerprint density at radius 1 is 1.42 bits per heavy atom. The number of carbonyl (C=O) groups is 3. The standard InChI is InChI=1S/C12H16N2O5/c1-8(15)9-5-10(13-6-9)12(18)14(3-4-19-2)7-11(16)17/h5-6,13H,3-4,7H2,1-2H3,(H,16,17). The quantitative estimate of drug-likeness (QED) is 0.697. The number of aliphatic carboxylic acids is 1. The van der Waals surface area contributed by atoms with Crippen LogP contribution in [0.4, 0.5) is 0 Å². The van der Waals surface area contributed by atoms with Gasteiger partial charge in [0.15, 0.2) is 5.78 Å². The van der Waals surface area contributed by atoms with Crippen LogP contribution in [-0.4, -0.2) is 59.5 Å². The summed E-state index contributed by atoms with van der Waals surface area (Å²) in [4.78, 5) is 37.8. The Kier molecular flexibility index (Phi) is 5.25. The highest BCUT2D eigenvalue weighted by molar-refractivity contribution is 5.99. The van der Waals surface area contributed by atoms with E-state index in [0.29, 0.717) is 5.56 Å². The van der Waals surface area contributed by atoms with E-state index in [1.807, 2.05) is 0 Å². The average molecular weight is 268 g/mol. The molecule has 7 nitrogen and oxygen atoms in total. The smallest absolute Gasteiger partial charge is 0.323 e. The van der Waals surface area contributed by atoms with Crippen LogP contribution in [0, 0.1) is 0 Å². The van der Waals surface area contributed by atoms with Gasteiger partial charge in [-0.1, -0.05) is 0 Å². The van der Waals surface area contributed by atoms with Crippen LogP contribution in [-0.2, 0) is 9.53 Å². The molecule has 104 valence electrons. The maximum atomic E-state index is 12.1. The molecule has 1 aromatic rings. The molecule has 0 radical (unpaired) electrons. The molecule has 0 unspecified atom stereocenters. The second-order valence-electron chi connectivity index (χ2n) is 3.97. The summed E-state index contributed by atoms with van der Waals surface area (Å²) in [6.07, 6.45) is 1.42. The lowest BCUT2D eigenvalue weighted by atomic mass is 10.2. The highest BCUT2D eigenvalue weighted by Gasteiger charge is 2.20. The predicted octanol–water partition coefficient (Wildman–Crippen LogP) is 0.390. The Hall–Kier alpha value is -2.15.